The topological polar surface area (TPSA) is 68.3 Å². The molecule has 122 valence electrons. The highest BCUT2D eigenvalue weighted by Crippen LogP contribution is 2.23. The Balaban J connectivity index is 1.52. The van der Waals surface area contributed by atoms with Crippen LogP contribution in [0.5, 0.6) is 0 Å². The van der Waals surface area contributed by atoms with Gasteiger partial charge in [-0.3, -0.25) is 4.79 Å². The van der Waals surface area contributed by atoms with Gasteiger partial charge in [0.05, 0.1) is 21.3 Å². The summed E-state index contributed by atoms with van der Waals surface area (Å²) >= 11 is 1.47. The van der Waals surface area contributed by atoms with E-state index in [1.54, 1.807) is 23.7 Å². The lowest BCUT2D eigenvalue weighted by Gasteiger charge is -2.29. The highest BCUT2D eigenvalue weighted by molar-refractivity contribution is 7.16. The van der Waals surface area contributed by atoms with Crippen molar-refractivity contribution >= 4 is 33.4 Å². The number of rotatable bonds is 4. The highest BCUT2D eigenvalue weighted by Gasteiger charge is 2.23. The fourth-order valence-corrected chi connectivity index (χ4v) is 3.69. The van der Waals surface area contributed by atoms with E-state index < -0.39 is 5.97 Å². The van der Waals surface area contributed by atoms with Crippen molar-refractivity contribution in [2.24, 2.45) is 5.92 Å². The third-order valence-corrected chi connectivity index (χ3v) is 5.15. The smallest absolute Gasteiger partial charge is 0.338 e. The van der Waals surface area contributed by atoms with Crippen LogP contribution in [0, 0.1) is 5.92 Å². The maximum atomic E-state index is 12.1. The van der Waals surface area contributed by atoms with Gasteiger partial charge in [-0.25, -0.2) is 9.78 Å². The molecule has 1 amide bonds. The van der Waals surface area contributed by atoms with E-state index in [-0.39, 0.29) is 18.6 Å². The number of amides is 1. The largest absolute Gasteiger partial charge is 0.452 e. The number of carbonyl (C=O) groups excluding carboxylic acids is 2. The number of aromatic nitrogens is 1. The number of benzene rings is 1. The summed E-state index contributed by atoms with van der Waals surface area (Å²) < 4.78 is 6.06. The zero-order chi connectivity index (χ0) is 16.2. The summed E-state index contributed by atoms with van der Waals surface area (Å²) in [7, 11) is 0. The van der Waals surface area contributed by atoms with Crippen molar-refractivity contribution in [3.8, 4) is 0 Å². The SMILES string of the molecule is C[C@@H]1CCCC[C@H]1NC(=O)COC(=O)c1ccc2ncsc2c1. The van der Waals surface area contributed by atoms with Gasteiger partial charge < -0.3 is 10.1 Å². The molecule has 5 nitrogen and oxygen atoms in total. The molecule has 1 saturated carbocycles. The van der Waals surface area contributed by atoms with Gasteiger partial charge in [-0.05, 0) is 37.0 Å². The minimum Gasteiger partial charge on any atom is -0.452 e. The van der Waals surface area contributed by atoms with Gasteiger partial charge in [0.25, 0.3) is 5.91 Å². The predicted molar refractivity (Wildman–Crippen MR) is 89.5 cm³/mol. The van der Waals surface area contributed by atoms with Crippen LogP contribution >= 0.6 is 11.3 Å². The van der Waals surface area contributed by atoms with Crippen molar-refractivity contribution in [3.63, 3.8) is 0 Å². The van der Waals surface area contributed by atoms with Crippen LogP contribution in [-0.4, -0.2) is 29.5 Å². The van der Waals surface area contributed by atoms with Crippen molar-refractivity contribution in [3.05, 3.63) is 29.3 Å². The van der Waals surface area contributed by atoms with Crippen LogP contribution in [0.4, 0.5) is 0 Å². The number of nitrogens with zero attached hydrogens (tertiary/aromatic N) is 1. The van der Waals surface area contributed by atoms with Crippen molar-refractivity contribution in [1.29, 1.82) is 0 Å². The maximum Gasteiger partial charge on any atom is 0.338 e. The number of ether oxygens (including phenoxy) is 1. The van der Waals surface area contributed by atoms with Gasteiger partial charge in [-0.15, -0.1) is 11.3 Å². The molecule has 23 heavy (non-hydrogen) atoms. The van der Waals surface area contributed by atoms with E-state index in [0.29, 0.717) is 11.5 Å². The second-order valence-electron chi connectivity index (χ2n) is 6.05. The monoisotopic (exact) mass is 332 g/mol. The van der Waals surface area contributed by atoms with E-state index >= 15 is 0 Å². The summed E-state index contributed by atoms with van der Waals surface area (Å²) in [5.74, 6) is -0.222. The lowest BCUT2D eigenvalue weighted by atomic mass is 9.86. The molecule has 1 N–H and O–H groups in total. The Morgan fingerprint density at radius 2 is 2.17 bits per heavy atom. The Hall–Kier alpha value is -1.95. The number of carbonyl (C=O) groups is 2. The van der Waals surface area contributed by atoms with Gasteiger partial charge in [-0.1, -0.05) is 19.8 Å². The predicted octanol–water partition coefficient (Wildman–Crippen LogP) is 3.15. The minimum absolute atomic E-state index is 0.198. The molecule has 1 aromatic heterocycles. The summed E-state index contributed by atoms with van der Waals surface area (Å²) in [6, 6.07) is 5.40. The van der Waals surface area contributed by atoms with E-state index in [0.717, 1.165) is 29.5 Å². The molecule has 0 radical (unpaired) electrons. The normalized spacial score (nSPS) is 21.1. The van der Waals surface area contributed by atoms with Crippen LogP contribution in [0.1, 0.15) is 43.0 Å². The Morgan fingerprint density at radius 3 is 3.00 bits per heavy atom. The van der Waals surface area contributed by atoms with Gasteiger partial charge in [0.15, 0.2) is 6.61 Å². The Kier molecular flexibility index (Phi) is 4.91. The maximum absolute atomic E-state index is 12.1. The quantitative estimate of drug-likeness (QED) is 0.873. The molecule has 3 rings (SSSR count). The Bertz CT molecular complexity index is 713. The van der Waals surface area contributed by atoms with Gasteiger partial charge >= 0.3 is 5.97 Å². The molecule has 1 aromatic carbocycles. The number of hydrogen-bond acceptors (Lipinski definition) is 5. The van der Waals surface area contributed by atoms with Gasteiger partial charge in [0.1, 0.15) is 0 Å². The number of esters is 1. The number of hydrogen-bond donors (Lipinski definition) is 1. The zero-order valence-corrected chi connectivity index (χ0v) is 13.9. The van der Waals surface area contributed by atoms with E-state index in [4.69, 9.17) is 4.74 Å². The molecular weight excluding hydrogens is 312 g/mol. The summed E-state index contributed by atoms with van der Waals surface area (Å²) in [6.07, 6.45) is 4.51. The summed E-state index contributed by atoms with van der Waals surface area (Å²) in [5, 5.41) is 2.98. The van der Waals surface area contributed by atoms with E-state index in [1.807, 2.05) is 0 Å². The van der Waals surface area contributed by atoms with Crippen LogP contribution in [0.25, 0.3) is 10.2 Å². The van der Waals surface area contributed by atoms with Crippen molar-refractivity contribution in [1.82, 2.24) is 10.3 Å². The van der Waals surface area contributed by atoms with Crippen LogP contribution in [0.2, 0.25) is 0 Å². The second kappa shape index (κ2) is 7.08. The first-order valence-electron chi connectivity index (χ1n) is 7.93. The van der Waals surface area contributed by atoms with Gasteiger partial charge in [0.2, 0.25) is 0 Å². The van der Waals surface area contributed by atoms with Crippen LogP contribution < -0.4 is 5.32 Å². The Morgan fingerprint density at radius 1 is 1.35 bits per heavy atom. The van der Waals surface area contributed by atoms with Crippen molar-refractivity contribution in [2.75, 3.05) is 6.61 Å². The molecule has 0 bridgehead atoms. The summed E-state index contributed by atoms with van der Waals surface area (Å²) in [6.45, 7) is 1.92. The molecule has 0 aliphatic heterocycles. The fourth-order valence-electron chi connectivity index (χ4n) is 2.98. The van der Waals surface area contributed by atoms with Gasteiger partial charge in [0, 0.05) is 6.04 Å². The molecule has 2 atom stereocenters. The number of fused-ring (bicyclic) bond motifs is 1. The first-order chi connectivity index (χ1) is 11.1. The van der Waals surface area contributed by atoms with E-state index in [1.165, 1.54) is 17.8 Å². The standard InChI is InChI=1S/C17H20N2O3S/c1-11-4-2-3-5-13(11)19-16(20)9-22-17(21)12-6-7-14-15(8-12)23-10-18-14/h6-8,10-11,13H,2-5,9H2,1H3,(H,19,20)/t11-,13-/m1/s1. The number of thiazole rings is 1. The molecule has 0 spiro atoms. The van der Waals surface area contributed by atoms with Crippen LogP contribution in [0.15, 0.2) is 23.7 Å². The molecule has 0 unspecified atom stereocenters. The van der Waals surface area contributed by atoms with Crippen LogP contribution in [-0.2, 0) is 9.53 Å². The molecule has 1 aliphatic rings. The highest BCUT2D eigenvalue weighted by atomic mass is 32.1. The second-order valence-corrected chi connectivity index (χ2v) is 6.93. The van der Waals surface area contributed by atoms with E-state index in [9.17, 15) is 9.59 Å². The summed E-state index contributed by atoms with van der Waals surface area (Å²) in [5.41, 5.74) is 3.04. The summed E-state index contributed by atoms with van der Waals surface area (Å²) in [4.78, 5) is 28.2. The lowest BCUT2D eigenvalue weighted by Crippen LogP contribution is -2.42. The number of nitrogens with one attached hydrogen (secondary N) is 1. The molecule has 0 saturated heterocycles. The van der Waals surface area contributed by atoms with E-state index in [2.05, 4.69) is 17.2 Å². The molecule has 1 fully saturated rings. The molecule has 1 heterocycles. The average Bonchev–Trinajstić information content (AvgIpc) is 3.02. The lowest BCUT2D eigenvalue weighted by molar-refractivity contribution is -0.125. The molecule has 2 aromatic rings. The zero-order valence-electron chi connectivity index (χ0n) is 13.1. The first-order valence-corrected chi connectivity index (χ1v) is 8.81. The van der Waals surface area contributed by atoms with Crippen molar-refractivity contribution < 1.29 is 14.3 Å². The average molecular weight is 332 g/mol. The molecular formula is C17H20N2O3S. The molecule has 1 aliphatic carbocycles. The fraction of sp³-hybridized carbons (Fsp3) is 0.471. The Labute approximate surface area is 139 Å². The van der Waals surface area contributed by atoms with Crippen molar-refractivity contribution in [2.45, 2.75) is 38.6 Å². The third kappa shape index (κ3) is 3.88. The van der Waals surface area contributed by atoms with Crippen LogP contribution in [0.3, 0.4) is 0 Å². The first kappa shape index (κ1) is 15.9. The molecule has 6 heteroatoms. The minimum atomic E-state index is -0.479. The van der Waals surface area contributed by atoms with Gasteiger partial charge in [-0.2, -0.15) is 0 Å². The third-order valence-electron chi connectivity index (χ3n) is 4.36.